The molecule has 0 saturated carbocycles. The third-order valence-electron chi connectivity index (χ3n) is 2.08. The van der Waals surface area contributed by atoms with Gasteiger partial charge in [0.15, 0.2) is 0 Å². The van der Waals surface area contributed by atoms with Gasteiger partial charge < -0.3 is 10.2 Å². The lowest BCUT2D eigenvalue weighted by molar-refractivity contribution is -0.121. The number of amides is 2. The van der Waals surface area contributed by atoms with E-state index in [0.717, 1.165) is 0 Å². The van der Waals surface area contributed by atoms with Crippen LogP contribution in [0.15, 0.2) is 18.3 Å². The minimum atomic E-state index is -0.264. The molecule has 1 heterocycles. The molecule has 1 aromatic heterocycles. The van der Waals surface area contributed by atoms with E-state index in [1.54, 1.807) is 13.1 Å². The first-order chi connectivity index (χ1) is 8.04. The van der Waals surface area contributed by atoms with Gasteiger partial charge in [-0.2, -0.15) is 0 Å². The molecule has 6 heteroatoms. The topological polar surface area (TPSA) is 62.3 Å². The Labute approximate surface area is 105 Å². The maximum absolute atomic E-state index is 11.9. The van der Waals surface area contributed by atoms with Crippen LogP contribution >= 0.6 is 11.6 Å². The molecule has 0 radical (unpaired) electrons. The first-order valence-electron chi connectivity index (χ1n) is 5.18. The van der Waals surface area contributed by atoms with E-state index < -0.39 is 0 Å². The molecule has 1 N–H and O–H groups in total. The van der Waals surface area contributed by atoms with Crippen molar-refractivity contribution in [1.82, 2.24) is 15.2 Å². The molecule has 0 atom stereocenters. The number of carbonyl (C=O) groups excluding carboxylic acids is 2. The molecule has 0 saturated heterocycles. The summed E-state index contributed by atoms with van der Waals surface area (Å²) in [5.41, 5.74) is 0.404. The summed E-state index contributed by atoms with van der Waals surface area (Å²) in [7, 11) is 1.56. The van der Waals surface area contributed by atoms with E-state index >= 15 is 0 Å². The Morgan fingerprint density at radius 2 is 2.18 bits per heavy atom. The van der Waals surface area contributed by atoms with Crippen molar-refractivity contribution in [2.75, 3.05) is 20.1 Å². The minimum Gasteiger partial charge on any atom is -0.355 e. The molecule has 1 rings (SSSR count). The summed E-state index contributed by atoms with van der Waals surface area (Å²) in [6, 6.07) is 3.11. The maximum Gasteiger partial charge on any atom is 0.255 e. The Hall–Kier alpha value is -1.62. The smallest absolute Gasteiger partial charge is 0.255 e. The number of nitrogens with one attached hydrogen (secondary N) is 1. The molecule has 17 heavy (non-hydrogen) atoms. The van der Waals surface area contributed by atoms with Gasteiger partial charge in [-0.3, -0.25) is 9.59 Å². The third-order valence-corrected chi connectivity index (χ3v) is 2.30. The summed E-state index contributed by atoms with van der Waals surface area (Å²) >= 11 is 5.62. The summed E-state index contributed by atoms with van der Waals surface area (Å²) in [5.74, 6) is -0.453. The number of pyridine rings is 1. The predicted octanol–water partition coefficient (Wildman–Crippen LogP) is 0.943. The average molecular weight is 256 g/mol. The van der Waals surface area contributed by atoms with Crippen molar-refractivity contribution >= 4 is 23.4 Å². The molecule has 2 amide bonds. The zero-order chi connectivity index (χ0) is 12.8. The van der Waals surface area contributed by atoms with Crippen molar-refractivity contribution in [1.29, 1.82) is 0 Å². The van der Waals surface area contributed by atoms with Gasteiger partial charge in [0.25, 0.3) is 5.91 Å². The molecule has 0 spiro atoms. The van der Waals surface area contributed by atoms with Gasteiger partial charge in [-0.25, -0.2) is 4.98 Å². The van der Waals surface area contributed by atoms with E-state index in [2.05, 4.69) is 10.3 Å². The molecule has 5 nitrogen and oxygen atoms in total. The van der Waals surface area contributed by atoms with Gasteiger partial charge in [-0.05, 0) is 19.1 Å². The number of halogens is 1. The molecule has 0 fully saturated rings. The fourth-order valence-corrected chi connectivity index (χ4v) is 1.37. The van der Waals surface area contributed by atoms with Gasteiger partial charge in [-0.15, -0.1) is 0 Å². The van der Waals surface area contributed by atoms with E-state index in [9.17, 15) is 9.59 Å². The number of likely N-dealkylation sites (N-methyl/N-ethyl adjacent to an activating group) is 2. The van der Waals surface area contributed by atoms with Crippen LogP contribution in [0.1, 0.15) is 17.3 Å². The summed E-state index contributed by atoms with van der Waals surface area (Å²) in [6.45, 7) is 2.39. The highest BCUT2D eigenvalue weighted by Crippen LogP contribution is 2.07. The Balaban J connectivity index is 2.63. The molecule has 1 aromatic rings. The third kappa shape index (κ3) is 4.03. The minimum absolute atomic E-state index is 0.0231. The van der Waals surface area contributed by atoms with Crippen LogP contribution in [0.4, 0.5) is 0 Å². The standard InChI is InChI=1S/C11H14ClN3O2/c1-3-13-10(16)7-15(2)11(17)8-4-5-9(12)14-6-8/h4-6H,3,7H2,1-2H3,(H,13,16). The predicted molar refractivity (Wildman–Crippen MR) is 64.9 cm³/mol. The number of carbonyl (C=O) groups is 2. The zero-order valence-corrected chi connectivity index (χ0v) is 10.5. The van der Waals surface area contributed by atoms with Gasteiger partial charge in [0.1, 0.15) is 5.15 Å². The Bertz CT molecular complexity index is 406. The van der Waals surface area contributed by atoms with Crippen molar-refractivity contribution in [2.45, 2.75) is 6.92 Å². The van der Waals surface area contributed by atoms with E-state index in [0.29, 0.717) is 17.3 Å². The Kier molecular flexibility index (Phi) is 4.90. The van der Waals surface area contributed by atoms with Crippen molar-refractivity contribution in [3.05, 3.63) is 29.0 Å². The second-order valence-electron chi connectivity index (χ2n) is 3.48. The van der Waals surface area contributed by atoms with Crippen LogP contribution in [0.5, 0.6) is 0 Å². The summed E-state index contributed by atoms with van der Waals surface area (Å²) < 4.78 is 0. The van der Waals surface area contributed by atoms with Crippen LogP contribution in [0.2, 0.25) is 5.15 Å². The van der Waals surface area contributed by atoms with Crippen LogP contribution in [0.3, 0.4) is 0 Å². The molecule has 0 aliphatic rings. The van der Waals surface area contributed by atoms with Crippen LogP contribution in [0.25, 0.3) is 0 Å². The van der Waals surface area contributed by atoms with Gasteiger partial charge in [0.05, 0.1) is 12.1 Å². The summed E-state index contributed by atoms with van der Waals surface area (Å²) in [4.78, 5) is 28.3. The molecule has 0 aliphatic heterocycles. The van der Waals surface area contributed by atoms with Gasteiger partial charge in [0.2, 0.25) is 5.91 Å². The second kappa shape index (κ2) is 6.20. The summed E-state index contributed by atoms with van der Waals surface area (Å²) in [6.07, 6.45) is 1.39. The van der Waals surface area contributed by atoms with Crippen molar-refractivity contribution in [3.8, 4) is 0 Å². The lowest BCUT2D eigenvalue weighted by Gasteiger charge is -2.16. The SMILES string of the molecule is CCNC(=O)CN(C)C(=O)c1ccc(Cl)nc1. The maximum atomic E-state index is 11.9. The highest BCUT2D eigenvalue weighted by Gasteiger charge is 2.14. The lowest BCUT2D eigenvalue weighted by Crippen LogP contribution is -2.38. The van der Waals surface area contributed by atoms with Crippen LogP contribution < -0.4 is 5.32 Å². The van der Waals surface area contributed by atoms with E-state index in [-0.39, 0.29) is 18.4 Å². The molecular formula is C11H14ClN3O2. The molecule has 0 aliphatic carbocycles. The molecule has 92 valence electrons. The first-order valence-corrected chi connectivity index (χ1v) is 5.56. The molecular weight excluding hydrogens is 242 g/mol. The largest absolute Gasteiger partial charge is 0.355 e. The van der Waals surface area contributed by atoms with Gasteiger partial charge >= 0.3 is 0 Å². The molecule has 0 aromatic carbocycles. The Morgan fingerprint density at radius 1 is 1.47 bits per heavy atom. The van der Waals surface area contributed by atoms with E-state index in [1.807, 2.05) is 6.92 Å². The number of hydrogen-bond acceptors (Lipinski definition) is 3. The monoisotopic (exact) mass is 255 g/mol. The van der Waals surface area contributed by atoms with Crippen LogP contribution in [-0.2, 0) is 4.79 Å². The van der Waals surface area contributed by atoms with E-state index in [4.69, 9.17) is 11.6 Å². The molecule has 0 bridgehead atoms. The average Bonchev–Trinajstić information content (AvgIpc) is 2.29. The second-order valence-corrected chi connectivity index (χ2v) is 3.87. The fraction of sp³-hybridized carbons (Fsp3) is 0.364. The van der Waals surface area contributed by atoms with Crippen molar-refractivity contribution in [2.24, 2.45) is 0 Å². The quantitative estimate of drug-likeness (QED) is 0.815. The van der Waals surface area contributed by atoms with Crippen molar-refractivity contribution < 1.29 is 9.59 Å². The Morgan fingerprint density at radius 3 is 2.71 bits per heavy atom. The number of hydrogen-bond donors (Lipinski definition) is 1. The van der Waals surface area contributed by atoms with Crippen molar-refractivity contribution in [3.63, 3.8) is 0 Å². The van der Waals surface area contributed by atoms with Gasteiger partial charge in [-0.1, -0.05) is 11.6 Å². The van der Waals surface area contributed by atoms with Gasteiger partial charge in [0, 0.05) is 19.8 Å². The normalized spacial score (nSPS) is 9.82. The van der Waals surface area contributed by atoms with Crippen LogP contribution in [-0.4, -0.2) is 41.8 Å². The highest BCUT2D eigenvalue weighted by molar-refractivity contribution is 6.29. The highest BCUT2D eigenvalue weighted by atomic mass is 35.5. The first kappa shape index (κ1) is 13.4. The fourth-order valence-electron chi connectivity index (χ4n) is 1.26. The van der Waals surface area contributed by atoms with Crippen LogP contribution in [0, 0.1) is 0 Å². The number of rotatable bonds is 4. The van der Waals surface area contributed by atoms with E-state index in [1.165, 1.54) is 17.2 Å². The lowest BCUT2D eigenvalue weighted by atomic mass is 10.2. The summed E-state index contributed by atoms with van der Waals surface area (Å²) in [5, 5.41) is 2.95. The molecule has 0 unspecified atom stereocenters. The number of aromatic nitrogens is 1. The number of nitrogens with zero attached hydrogens (tertiary/aromatic N) is 2. The zero-order valence-electron chi connectivity index (χ0n) is 9.74.